The largest absolute Gasteiger partial charge is 0.486 e. The molecule has 1 amide bonds. The second kappa shape index (κ2) is 9.68. The molecule has 0 unspecified atom stereocenters. The van der Waals surface area contributed by atoms with E-state index in [1.54, 1.807) is 29.2 Å². The maximum Gasteiger partial charge on any atom is 0.414 e. The predicted molar refractivity (Wildman–Crippen MR) is 122 cm³/mol. The number of pyridine rings is 2. The summed E-state index contributed by atoms with van der Waals surface area (Å²) in [5.74, 6) is 1.34. The first-order valence-corrected chi connectivity index (χ1v) is 11.2. The van der Waals surface area contributed by atoms with E-state index in [1.165, 1.54) is 13.3 Å². The summed E-state index contributed by atoms with van der Waals surface area (Å²) >= 11 is 0. The summed E-state index contributed by atoms with van der Waals surface area (Å²) in [5.41, 5.74) is 2.36. The molecule has 4 heterocycles. The molecule has 1 fully saturated rings. The molecule has 0 bridgehead atoms. The van der Waals surface area contributed by atoms with Gasteiger partial charge in [0.15, 0.2) is 11.5 Å². The number of amides is 1. The molecule has 2 aliphatic heterocycles. The fourth-order valence-electron chi connectivity index (χ4n) is 4.12. The number of rotatable bonds is 8. The Morgan fingerprint density at radius 2 is 2.06 bits per heavy atom. The smallest absolute Gasteiger partial charge is 0.414 e. The van der Waals surface area contributed by atoms with Crippen molar-refractivity contribution in [1.82, 2.24) is 15.3 Å². The molecule has 34 heavy (non-hydrogen) atoms. The third kappa shape index (κ3) is 4.54. The number of nitrogens with one attached hydrogen (secondary N) is 1. The molecule has 10 heteroatoms. The van der Waals surface area contributed by atoms with Gasteiger partial charge in [-0.1, -0.05) is 0 Å². The van der Waals surface area contributed by atoms with Crippen molar-refractivity contribution in [2.45, 2.75) is 18.9 Å². The summed E-state index contributed by atoms with van der Waals surface area (Å²) in [5, 5.41) is 3.30. The fraction of sp³-hybridized carbons (Fsp3) is 0.375. The quantitative estimate of drug-likeness (QED) is 0.504. The highest BCUT2D eigenvalue weighted by molar-refractivity contribution is 5.90. The van der Waals surface area contributed by atoms with Crippen molar-refractivity contribution in [3.8, 4) is 17.4 Å². The van der Waals surface area contributed by atoms with Gasteiger partial charge in [-0.15, -0.1) is 0 Å². The van der Waals surface area contributed by atoms with Crippen LogP contribution >= 0.6 is 0 Å². The molecule has 0 saturated carbocycles. The molecule has 1 N–H and O–H groups in total. The van der Waals surface area contributed by atoms with Crippen molar-refractivity contribution < 1.29 is 28.1 Å². The molecule has 2 aromatic heterocycles. The third-order valence-corrected chi connectivity index (χ3v) is 5.81. The number of anilines is 1. The number of benzene rings is 1. The maximum atomic E-state index is 14.4. The maximum absolute atomic E-state index is 14.4. The van der Waals surface area contributed by atoms with Gasteiger partial charge < -0.3 is 24.3 Å². The van der Waals surface area contributed by atoms with Crippen LogP contribution in [0.1, 0.15) is 12.0 Å². The molecular formula is C24H25FN4O5. The average molecular weight is 468 g/mol. The minimum absolute atomic E-state index is 0.287. The zero-order chi connectivity index (χ0) is 23.5. The zero-order valence-corrected chi connectivity index (χ0v) is 18.8. The lowest BCUT2D eigenvalue weighted by Gasteiger charge is -2.21. The highest BCUT2D eigenvalue weighted by Crippen LogP contribution is 2.35. The predicted octanol–water partition coefficient (Wildman–Crippen LogP) is 3.10. The van der Waals surface area contributed by atoms with Crippen LogP contribution in [0, 0.1) is 5.82 Å². The van der Waals surface area contributed by atoms with Crippen LogP contribution in [0.4, 0.5) is 14.9 Å². The molecule has 178 valence electrons. The molecule has 5 rings (SSSR count). The van der Waals surface area contributed by atoms with Gasteiger partial charge in [0.1, 0.15) is 25.1 Å². The molecular weight excluding hydrogens is 443 g/mol. The van der Waals surface area contributed by atoms with Gasteiger partial charge in [0.2, 0.25) is 5.88 Å². The van der Waals surface area contributed by atoms with Gasteiger partial charge >= 0.3 is 6.09 Å². The van der Waals surface area contributed by atoms with E-state index in [0.717, 1.165) is 0 Å². The number of halogens is 1. The second-order valence-corrected chi connectivity index (χ2v) is 8.06. The lowest BCUT2D eigenvalue weighted by Crippen LogP contribution is -2.31. The molecule has 2 aliphatic rings. The lowest BCUT2D eigenvalue weighted by molar-refractivity contribution is 0.140. The number of fused-ring (bicyclic) bond motifs is 2. The number of hydrogen-bond acceptors (Lipinski definition) is 8. The van der Waals surface area contributed by atoms with Crippen molar-refractivity contribution in [2.75, 3.05) is 44.9 Å². The van der Waals surface area contributed by atoms with Gasteiger partial charge in [0, 0.05) is 24.2 Å². The van der Waals surface area contributed by atoms with E-state index in [1.807, 2.05) is 6.07 Å². The number of aromatic nitrogens is 2. The first-order valence-electron chi connectivity index (χ1n) is 11.2. The van der Waals surface area contributed by atoms with Gasteiger partial charge in [0.25, 0.3) is 0 Å². The normalized spacial score (nSPS) is 17.2. The Kier molecular flexibility index (Phi) is 6.31. The molecule has 1 saturated heterocycles. The molecule has 3 aromatic rings. The number of carbonyl (C=O) groups excluding carboxylic acids is 1. The van der Waals surface area contributed by atoms with E-state index in [-0.39, 0.29) is 11.9 Å². The molecule has 0 spiro atoms. The second-order valence-electron chi connectivity index (χ2n) is 8.06. The summed E-state index contributed by atoms with van der Waals surface area (Å²) in [6, 6.07) is 8.89. The Hall–Kier alpha value is -3.66. The Morgan fingerprint density at radius 1 is 1.21 bits per heavy atom. The molecule has 0 aliphatic carbocycles. The van der Waals surface area contributed by atoms with Gasteiger partial charge in [0.05, 0.1) is 36.6 Å². The van der Waals surface area contributed by atoms with Crippen molar-refractivity contribution in [3.63, 3.8) is 0 Å². The van der Waals surface area contributed by atoms with Crippen LogP contribution in [0.5, 0.6) is 17.4 Å². The van der Waals surface area contributed by atoms with E-state index < -0.39 is 6.09 Å². The van der Waals surface area contributed by atoms with Gasteiger partial charge in [-0.3, -0.25) is 9.88 Å². The van der Waals surface area contributed by atoms with E-state index in [9.17, 15) is 9.18 Å². The summed E-state index contributed by atoms with van der Waals surface area (Å²) in [6.45, 7) is 2.55. The Balaban J connectivity index is 1.13. The van der Waals surface area contributed by atoms with Crippen LogP contribution in [0.2, 0.25) is 0 Å². The first kappa shape index (κ1) is 22.1. The minimum atomic E-state index is -0.395. The van der Waals surface area contributed by atoms with Crippen molar-refractivity contribution in [3.05, 3.63) is 47.9 Å². The number of carbonyl (C=O) groups is 1. The number of nitrogens with zero attached hydrogens (tertiary/aromatic N) is 3. The Labute approximate surface area is 195 Å². The highest BCUT2D eigenvalue weighted by atomic mass is 19.1. The SMILES string of the molecule is COc1ccc2ncc(F)c(CCCNC[C@@H]3CN(c4ccc5c(c4)OCCO5)C(=O)O3)c2n1. The van der Waals surface area contributed by atoms with Gasteiger partial charge in [-0.05, 0) is 37.6 Å². The third-order valence-electron chi connectivity index (χ3n) is 5.81. The number of methoxy groups -OCH3 is 1. The van der Waals surface area contributed by atoms with Crippen LogP contribution in [0.3, 0.4) is 0 Å². The van der Waals surface area contributed by atoms with Crippen LogP contribution in [0.15, 0.2) is 36.5 Å². The average Bonchev–Trinajstić information content (AvgIpc) is 3.24. The van der Waals surface area contributed by atoms with Crippen LogP contribution in [-0.2, 0) is 11.2 Å². The van der Waals surface area contributed by atoms with Crippen molar-refractivity contribution >= 4 is 22.8 Å². The van der Waals surface area contributed by atoms with E-state index in [0.29, 0.717) is 85.4 Å². The van der Waals surface area contributed by atoms with E-state index >= 15 is 0 Å². The number of cyclic esters (lactones) is 1. The standard InChI is InChI=1S/C24H25FN4O5/c1-31-22-7-5-19-23(28-22)17(18(25)13-27-19)3-2-8-26-12-16-14-29(24(30)34-16)15-4-6-20-21(11-15)33-10-9-32-20/h4-7,11,13,16,26H,2-3,8-10,12,14H2,1H3/t16-/m1/s1. The van der Waals surface area contributed by atoms with Crippen LogP contribution in [-0.4, -0.2) is 62.1 Å². The summed E-state index contributed by atoms with van der Waals surface area (Å²) in [4.78, 5) is 22.4. The van der Waals surface area contributed by atoms with Crippen LogP contribution in [0.25, 0.3) is 11.0 Å². The van der Waals surface area contributed by atoms with E-state index in [4.69, 9.17) is 18.9 Å². The van der Waals surface area contributed by atoms with Gasteiger partial charge in [-0.25, -0.2) is 14.2 Å². The summed E-state index contributed by atoms with van der Waals surface area (Å²) < 4.78 is 36.2. The monoisotopic (exact) mass is 468 g/mol. The van der Waals surface area contributed by atoms with Crippen molar-refractivity contribution in [1.29, 1.82) is 0 Å². The number of aryl methyl sites for hydroxylation is 1. The fourth-order valence-corrected chi connectivity index (χ4v) is 4.12. The summed E-state index contributed by atoms with van der Waals surface area (Å²) in [7, 11) is 1.52. The molecule has 0 radical (unpaired) electrons. The number of ether oxygens (including phenoxy) is 4. The molecule has 1 aromatic carbocycles. The topological polar surface area (TPSA) is 95.0 Å². The van der Waals surface area contributed by atoms with E-state index in [2.05, 4.69) is 15.3 Å². The molecule has 9 nitrogen and oxygen atoms in total. The zero-order valence-electron chi connectivity index (χ0n) is 18.8. The Bertz CT molecular complexity index is 1210. The highest BCUT2D eigenvalue weighted by Gasteiger charge is 2.32. The molecule has 1 atom stereocenters. The lowest BCUT2D eigenvalue weighted by atomic mass is 10.1. The van der Waals surface area contributed by atoms with Crippen molar-refractivity contribution in [2.24, 2.45) is 0 Å². The minimum Gasteiger partial charge on any atom is -0.486 e. The first-order chi connectivity index (χ1) is 16.6. The van der Waals surface area contributed by atoms with Gasteiger partial charge in [-0.2, -0.15) is 0 Å². The summed E-state index contributed by atoms with van der Waals surface area (Å²) in [6.07, 6.45) is 1.72. The van der Waals surface area contributed by atoms with Crippen LogP contribution < -0.4 is 24.4 Å². The Morgan fingerprint density at radius 3 is 2.91 bits per heavy atom. The number of hydrogen-bond donors (Lipinski definition) is 1.